The van der Waals surface area contributed by atoms with Crippen LogP contribution in [0.3, 0.4) is 0 Å². The predicted molar refractivity (Wildman–Crippen MR) is 160 cm³/mol. The van der Waals surface area contributed by atoms with Gasteiger partial charge in [0.1, 0.15) is 6.04 Å². The first-order valence-corrected chi connectivity index (χ1v) is 13.7. The zero-order valence-corrected chi connectivity index (χ0v) is 24.5. The van der Waals surface area contributed by atoms with Crippen LogP contribution in [0, 0.1) is 0 Å². The zero-order chi connectivity index (χ0) is 29.8. The molecule has 1 heterocycles. The summed E-state index contributed by atoms with van der Waals surface area (Å²) in [6.07, 6.45) is -0.324. The highest BCUT2D eigenvalue weighted by atomic mass is 35.5. The van der Waals surface area contributed by atoms with Crippen molar-refractivity contribution in [1.29, 1.82) is 0 Å². The van der Waals surface area contributed by atoms with Crippen molar-refractivity contribution >= 4 is 46.0 Å². The largest absolute Gasteiger partial charge is 0.461 e. The number of aromatic nitrogens is 2. The molecule has 2 N–H and O–H groups in total. The Hall–Kier alpha value is -3.92. The summed E-state index contributed by atoms with van der Waals surface area (Å²) in [4.78, 5) is 52.5. The quantitative estimate of drug-likeness (QED) is 0.282. The van der Waals surface area contributed by atoms with E-state index >= 15 is 0 Å². The van der Waals surface area contributed by atoms with Gasteiger partial charge in [-0.2, -0.15) is 0 Å². The van der Waals surface area contributed by atoms with Gasteiger partial charge in [0.15, 0.2) is 0 Å². The number of nitrogens with one attached hydrogen (secondary N) is 2. The lowest BCUT2D eigenvalue weighted by Crippen LogP contribution is -2.44. The van der Waals surface area contributed by atoms with E-state index in [1.165, 1.54) is 16.7 Å². The number of fused-ring (bicyclic) bond motifs is 1. The van der Waals surface area contributed by atoms with Gasteiger partial charge < -0.3 is 15.4 Å². The van der Waals surface area contributed by atoms with Gasteiger partial charge in [0.2, 0.25) is 0 Å². The Labute approximate surface area is 246 Å². The van der Waals surface area contributed by atoms with Crippen LogP contribution in [0.15, 0.2) is 70.3 Å². The molecular weight excluding hydrogens is 567 g/mol. The van der Waals surface area contributed by atoms with Gasteiger partial charge in [0, 0.05) is 20.0 Å². The molecule has 0 fully saturated rings. The summed E-state index contributed by atoms with van der Waals surface area (Å²) >= 11 is 12.4. The van der Waals surface area contributed by atoms with Crippen molar-refractivity contribution in [3.63, 3.8) is 0 Å². The Morgan fingerprint density at radius 2 is 1.59 bits per heavy atom. The van der Waals surface area contributed by atoms with Crippen LogP contribution >= 0.6 is 23.2 Å². The number of ether oxygens (including phenoxy) is 1. The number of aryl methyl sites for hydroxylation is 1. The van der Waals surface area contributed by atoms with Crippen LogP contribution in [0.2, 0.25) is 10.0 Å². The summed E-state index contributed by atoms with van der Waals surface area (Å²) in [5.41, 5.74) is 1.61. The normalized spacial score (nSPS) is 12.0. The summed E-state index contributed by atoms with van der Waals surface area (Å²) in [6.45, 7) is 3.99. The van der Waals surface area contributed by atoms with Crippen molar-refractivity contribution < 1.29 is 14.3 Å². The van der Waals surface area contributed by atoms with E-state index < -0.39 is 35.3 Å². The van der Waals surface area contributed by atoms with Crippen LogP contribution in [0.5, 0.6) is 0 Å². The molecule has 0 saturated carbocycles. The Morgan fingerprint density at radius 1 is 0.951 bits per heavy atom. The van der Waals surface area contributed by atoms with Crippen molar-refractivity contribution in [3.8, 4) is 5.69 Å². The SMILES string of the molecule is CNCc1ccc2c(c1)c(=O)n(-c1ccc(CC(NC(=O)c3c(Cl)cccc3Cl)C(=O)OC(C)C)cc1)c(=O)n2C. The van der Waals surface area contributed by atoms with E-state index in [0.29, 0.717) is 28.7 Å². The monoisotopic (exact) mass is 596 g/mol. The molecule has 0 radical (unpaired) electrons. The summed E-state index contributed by atoms with van der Waals surface area (Å²) in [7, 11) is 3.43. The van der Waals surface area contributed by atoms with Crippen molar-refractivity contribution in [2.45, 2.75) is 39.0 Å². The van der Waals surface area contributed by atoms with Gasteiger partial charge in [0.25, 0.3) is 11.5 Å². The average molecular weight is 597 g/mol. The number of nitrogens with zero attached hydrogens (tertiary/aromatic N) is 2. The summed E-state index contributed by atoms with van der Waals surface area (Å²) < 4.78 is 7.92. The smallest absolute Gasteiger partial charge is 0.335 e. The number of amides is 1. The molecule has 214 valence electrons. The molecule has 1 atom stereocenters. The highest BCUT2D eigenvalue weighted by Crippen LogP contribution is 2.24. The maximum atomic E-state index is 13.4. The fraction of sp³-hybridized carbons (Fsp3) is 0.267. The van der Waals surface area contributed by atoms with Crippen LogP contribution in [-0.2, 0) is 29.5 Å². The third-order valence-corrected chi connectivity index (χ3v) is 7.11. The number of benzene rings is 3. The Bertz CT molecular complexity index is 1710. The van der Waals surface area contributed by atoms with Gasteiger partial charge in [0.05, 0.1) is 38.3 Å². The summed E-state index contributed by atoms with van der Waals surface area (Å²) in [5.74, 6) is -1.25. The molecule has 0 aliphatic carbocycles. The minimum absolute atomic E-state index is 0.0536. The van der Waals surface area contributed by atoms with E-state index in [1.807, 2.05) is 13.1 Å². The van der Waals surface area contributed by atoms with Gasteiger partial charge in [-0.15, -0.1) is 0 Å². The van der Waals surface area contributed by atoms with E-state index in [-0.39, 0.29) is 22.0 Å². The molecule has 41 heavy (non-hydrogen) atoms. The van der Waals surface area contributed by atoms with Crippen LogP contribution in [0.25, 0.3) is 16.6 Å². The number of esters is 1. The second kappa shape index (κ2) is 12.7. The molecule has 0 aliphatic heterocycles. The standard InChI is InChI=1S/C30H30Cl2N4O5/c1-17(2)41-29(39)24(34-27(37)26-22(31)6-5-7-23(26)32)15-18-8-11-20(12-9-18)36-28(38)21-14-19(16-33-3)10-13-25(21)35(4)30(36)40/h5-14,17,24,33H,15-16H2,1-4H3,(H,34,37). The van der Waals surface area contributed by atoms with Gasteiger partial charge >= 0.3 is 11.7 Å². The number of rotatable bonds is 9. The fourth-order valence-electron chi connectivity index (χ4n) is 4.52. The highest BCUT2D eigenvalue weighted by molar-refractivity contribution is 6.39. The van der Waals surface area contributed by atoms with Crippen molar-refractivity contribution in [2.75, 3.05) is 7.05 Å². The molecule has 9 nitrogen and oxygen atoms in total. The van der Waals surface area contributed by atoms with Gasteiger partial charge in [-0.3, -0.25) is 14.2 Å². The summed E-state index contributed by atoms with van der Waals surface area (Å²) in [6, 6.07) is 15.7. The van der Waals surface area contributed by atoms with Crippen LogP contribution in [0.1, 0.15) is 35.3 Å². The molecule has 1 aromatic heterocycles. The molecule has 1 amide bonds. The molecule has 1 unspecified atom stereocenters. The third-order valence-electron chi connectivity index (χ3n) is 6.48. The topological polar surface area (TPSA) is 111 Å². The third kappa shape index (κ3) is 6.53. The van der Waals surface area contributed by atoms with Gasteiger partial charge in [-0.1, -0.05) is 47.5 Å². The minimum Gasteiger partial charge on any atom is -0.461 e. The lowest BCUT2D eigenvalue weighted by molar-refractivity contribution is -0.149. The second-order valence-electron chi connectivity index (χ2n) is 9.84. The molecule has 11 heteroatoms. The van der Waals surface area contributed by atoms with Crippen LogP contribution < -0.4 is 21.9 Å². The fourth-order valence-corrected chi connectivity index (χ4v) is 5.09. The maximum absolute atomic E-state index is 13.4. The molecular formula is C30H30Cl2N4O5. The first-order chi connectivity index (χ1) is 19.5. The lowest BCUT2D eigenvalue weighted by atomic mass is 10.0. The second-order valence-corrected chi connectivity index (χ2v) is 10.7. The number of hydrogen-bond donors (Lipinski definition) is 2. The van der Waals surface area contributed by atoms with Gasteiger partial charge in [-0.25, -0.2) is 14.2 Å². The Kier molecular flexibility index (Phi) is 9.32. The van der Waals surface area contributed by atoms with E-state index in [4.69, 9.17) is 27.9 Å². The average Bonchev–Trinajstić information content (AvgIpc) is 2.92. The van der Waals surface area contributed by atoms with Crippen molar-refractivity contribution in [3.05, 3.63) is 108 Å². The zero-order valence-electron chi connectivity index (χ0n) is 23.0. The van der Waals surface area contributed by atoms with E-state index in [9.17, 15) is 19.2 Å². The van der Waals surface area contributed by atoms with Crippen molar-refractivity contribution in [2.24, 2.45) is 7.05 Å². The Balaban J connectivity index is 1.66. The molecule has 0 bridgehead atoms. The lowest BCUT2D eigenvalue weighted by Gasteiger charge is -2.20. The van der Waals surface area contributed by atoms with Crippen LogP contribution in [0.4, 0.5) is 0 Å². The number of carbonyl (C=O) groups is 2. The molecule has 0 spiro atoms. The number of hydrogen-bond acceptors (Lipinski definition) is 6. The van der Waals surface area contributed by atoms with E-state index in [2.05, 4.69) is 10.6 Å². The molecule has 4 aromatic rings. The molecule has 0 saturated heterocycles. The van der Waals surface area contributed by atoms with E-state index in [1.54, 1.807) is 63.4 Å². The highest BCUT2D eigenvalue weighted by Gasteiger charge is 2.26. The molecule has 0 aliphatic rings. The summed E-state index contributed by atoms with van der Waals surface area (Å²) in [5, 5.41) is 6.45. The molecule has 3 aromatic carbocycles. The number of carbonyl (C=O) groups excluding carboxylic acids is 2. The maximum Gasteiger partial charge on any atom is 0.335 e. The van der Waals surface area contributed by atoms with Crippen LogP contribution in [-0.4, -0.2) is 40.2 Å². The first kappa shape index (κ1) is 30.0. The Morgan fingerprint density at radius 3 is 2.20 bits per heavy atom. The minimum atomic E-state index is -1.05. The van der Waals surface area contributed by atoms with Gasteiger partial charge in [-0.05, 0) is 68.4 Å². The molecule has 4 rings (SSSR count). The predicted octanol–water partition coefficient (Wildman–Crippen LogP) is 4.01. The number of halogens is 2. The first-order valence-electron chi connectivity index (χ1n) is 13.0. The van der Waals surface area contributed by atoms with Crippen molar-refractivity contribution in [1.82, 2.24) is 19.8 Å². The van der Waals surface area contributed by atoms with E-state index in [0.717, 1.165) is 10.1 Å².